The average molecular weight is 489 g/mol. The van der Waals surface area contributed by atoms with E-state index in [2.05, 4.69) is 10.4 Å². The predicted octanol–water partition coefficient (Wildman–Crippen LogP) is 6.10. The molecule has 2 heterocycles. The zero-order valence-electron chi connectivity index (χ0n) is 18.1. The average Bonchev–Trinajstić information content (AvgIpc) is 3.27. The van der Waals surface area contributed by atoms with Gasteiger partial charge in [0.15, 0.2) is 11.5 Å². The predicted molar refractivity (Wildman–Crippen MR) is 125 cm³/mol. The van der Waals surface area contributed by atoms with Crippen LogP contribution in [0.5, 0.6) is 0 Å². The Morgan fingerprint density at radius 1 is 0.970 bits per heavy atom. The van der Waals surface area contributed by atoms with Crippen molar-refractivity contribution in [2.45, 2.75) is 27.3 Å². The van der Waals surface area contributed by atoms with Crippen LogP contribution in [-0.4, -0.2) is 20.3 Å². The minimum absolute atomic E-state index is 0.0329. The van der Waals surface area contributed by atoms with Gasteiger partial charge >= 0.3 is 0 Å². The fourth-order valence-corrected chi connectivity index (χ4v) is 4.03. The fraction of sp³-hybridized carbons (Fsp3) is 0.167. The van der Waals surface area contributed by atoms with Crippen molar-refractivity contribution in [3.63, 3.8) is 0 Å². The van der Waals surface area contributed by atoms with E-state index in [1.165, 1.54) is 10.7 Å². The van der Waals surface area contributed by atoms with E-state index in [4.69, 9.17) is 23.2 Å². The van der Waals surface area contributed by atoms with E-state index in [0.717, 1.165) is 29.1 Å². The van der Waals surface area contributed by atoms with Crippen LogP contribution < -0.4 is 5.32 Å². The molecule has 2 aromatic carbocycles. The lowest BCUT2D eigenvalue weighted by Gasteiger charge is -2.14. The highest BCUT2D eigenvalue weighted by Crippen LogP contribution is 2.27. The Hall–Kier alpha value is -3.16. The monoisotopic (exact) mass is 488 g/mol. The van der Waals surface area contributed by atoms with Crippen LogP contribution in [0.2, 0.25) is 10.0 Å². The second-order valence-electron chi connectivity index (χ2n) is 7.69. The molecule has 0 atom stereocenters. The Morgan fingerprint density at radius 2 is 1.67 bits per heavy atom. The number of aromatic nitrogens is 3. The van der Waals surface area contributed by atoms with Gasteiger partial charge in [0.05, 0.1) is 10.0 Å². The number of halogens is 4. The highest BCUT2D eigenvalue weighted by molar-refractivity contribution is 6.42. The molecule has 4 aromatic rings. The molecule has 0 unspecified atom stereocenters. The van der Waals surface area contributed by atoms with Gasteiger partial charge in [0.25, 0.3) is 5.91 Å². The summed E-state index contributed by atoms with van der Waals surface area (Å²) in [6.07, 6.45) is 0. The summed E-state index contributed by atoms with van der Waals surface area (Å²) in [4.78, 5) is 13.1. The number of benzene rings is 2. The quantitative estimate of drug-likeness (QED) is 0.368. The third kappa shape index (κ3) is 4.38. The van der Waals surface area contributed by atoms with E-state index >= 15 is 0 Å². The fourth-order valence-electron chi connectivity index (χ4n) is 3.70. The molecule has 2 aromatic heterocycles. The second-order valence-corrected chi connectivity index (χ2v) is 8.50. The summed E-state index contributed by atoms with van der Waals surface area (Å²) in [6, 6.07) is 12.1. The Balaban J connectivity index is 1.77. The summed E-state index contributed by atoms with van der Waals surface area (Å²) in [5.74, 6) is -1.43. The lowest BCUT2D eigenvalue weighted by atomic mass is 10.2. The highest BCUT2D eigenvalue weighted by atomic mass is 35.5. The molecule has 0 aliphatic carbocycles. The summed E-state index contributed by atoms with van der Waals surface area (Å²) in [7, 11) is 0. The number of aryl methyl sites for hydroxylation is 2. The molecule has 170 valence electrons. The first-order valence-corrected chi connectivity index (χ1v) is 10.9. The van der Waals surface area contributed by atoms with Gasteiger partial charge < -0.3 is 9.88 Å². The molecule has 0 saturated carbocycles. The van der Waals surface area contributed by atoms with E-state index in [9.17, 15) is 13.6 Å². The van der Waals surface area contributed by atoms with Crippen molar-refractivity contribution >= 4 is 29.1 Å². The number of carbonyl (C=O) groups is 1. The maximum absolute atomic E-state index is 14.7. The first kappa shape index (κ1) is 23.0. The minimum atomic E-state index is -0.788. The van der Waals surface area contributed by atoms with Crippen molar-refractivity contribution < 1.29 is 13.6 Å². The van der Waals surface area contributed by atoms with E-state index < -0.39 is 17.5 Å². The van der Waals surface area contributed by atoms with Crippen LogP contribution in [-0.2, 0) is 6.54 Å². The second kappa shape index (κ2) is 9.00. The minimum Gasteiger partial charge on any atom is -0.347 e. The molecule has 0 aliphatic heterocycles. The molecule has 0 spiro atoms. The van der Waals surface area contributed by atoms with Gasteiger partial charge in [0.2, 0.25) is 0 Å². The number of hydrogen-bond acceptors (Lipinski definition) is 2. The molecular weight excluding hydrogens is 469 g/mol. The summed E-state index contributed by atoms with van der Waals surface area (Å²) in [6.45, 7) is 5.74. The van der Waals surface area contributed by atoms with Crippen LogP contribution >= 0.6 is 23.2 Å². The zero-order valence-corrected chi connectivity index (χ0v) is 19.6. The molecular formula is C24H20Cl2F2N4O. The van der Waals surface area contributed by atoms with E-state index in [1.54, 1.807) is 25.1 Å². The topological polar surface area (TPSA) is 51.9 Å². The largest absolute Gasteiger partial charge is 0.347 e. The van der Waals surface area contributed by atoms with Gasteiger partial charge in [-0.1, -0.05) is 29.3 Å². The molecule has 0 aliphatic rings. The van der Waals surface area contributed by atoms with Crippen molar-refractivity contribution in [2.24, 2.45) is 0 Å². The van der Waals surface area contributed by atoms with Crippen molar-refractivity contribution in [2.75, 3.05) is 0 Å². The third-order valence-corrected chi connectivity index (χ3v) is 6.10. The van der Waals surface area contributed by atoms with Crippen LogP contribution in [0.25, 0.3) is 11.5 Å². The molecule has 0 fully saturated rings. The first-order valence-electron chi connectivity index (χ1n) is 10.1. The van der Waals surface area contributed by atoms with E-state index in [0.29, 0.717) is 21.4 Å². The van der Waals surface area contributed by atoms with E-state index in [1.807, 2.05) is 30.5 Å². The van der Waals surface area contributed by atoms with Crippen LogP contribution in [0.3, 0.4) is 0 Å². The molecule has 9 heteroatoms. The van der Waals surface area contributed by atoms with Gasteiger partial charge in [-0.15, -0.1) is 0 Å². The molecule has 0 radical (unpaired) electrons. The first-order chi connectivity index (χ1) is 15.7. The van der Waals surface area contributed by atoms with Crippen LogP contribution in [0.15, 0.2) is 48.5 Å². The number of hydrogen-bond donors (Lipinski definition) is 1. The number of nitrogens with zero attached hydrogens (tertiary/aromatic N) is 3. The highest BCUT2D eigenvalue weighted by Gasteiger charge is 2.25. The Morgan fingerprint density at radius 3 is 2.30 bits per heavy atom. The van der Waals surface area contributed by atoms with Gasteiger partial charge in [-0.25, -0.2) is 13.5 Å². The lowest BCUT2D eigenvalue weighted by molar-refractivity contribution is 0.0945. The van der Waals surface area contributed by atoms with Crippen molar-refractivity contribution in [3.8, 4) is 11.5 Å². The Kier molecular flexibility index (Phi) is 6.28. The van der Waals surface area contributed by atoms with Crippen molar-refractivity contribution in [1.82, 2.24) is 19.7 Å². The Labute approximate surface area is 199 Å². The Bertz CT molecular complexity index is 1360. The van der Waals surface area contributed by atoms with Crippen LogP contribution in [0.4, 0.5) is 8.78 Å². The number of nitrogens with one attached hydrogen (secondary N) is 1. The SMILES string of the molecule is Cc1c(C(=O)NCc2ccc(Cl)c(Cl)c2)nn(-c2ccc(F)cc2F)c1-n1c(C)ccc1C. The zero-order chi connectivity index (χ0) is 23.9. The van der Waals surface area contributed by atoms with Crippen molar-refractivity contribution in [1.29, 1.82) is 0 Å². The van der Waals surface area contributed by atoms with Crippen molar-refractivity contribution in [3.05, 3.63) is 98.4 Å². The summed E-state index contributed by atoms with van der Waals surface area (Å²) in [5.41, 5.74) is 3.22. The van der Waals surface area contributed by atoms with Gasteiger partial charge in [-0.3, -0.25) is 4.79 Å². The normalized spacial score (nSPS) is 11.1. The number of rotatable bonds is 5. The van der Waals surface area contributed by atoms with Crippen LogP contribution in [0, 0.1) is 32.4 Å². The standard InChI is InChI=1S/C24H20Cl2F2N4O/c1-13-4-5-14(2)31(13)24-15(3)22(30-32(24)21-9-7-17(27)11-20(21)28)23(33)29-12-16-6-8-18(25)19(26)10-16/h4-11H,12H2,1-3H3,(H,29,33). The number of carbonyl (C=O) groups excluding carboxylic acids is 1. The maximum atomic E-state index is 14.7. The van der Waals surface area contributed by atoms with Gasteiger partial charge in [-0.2, -0.15) is 5.10 Å². The summed E-state index contributed by atoms with van der Waals surface area (Å²) < 4.78 is 31.5. The maximum Gasteiger partial charge on any atom is 0.272 e. The third-order valence-electron chi connectivity index (χ3n) is 5.36. The molecule has 5 nitrogen and oxygen atoms in total. The van der Waals surface area contributed by atoms with Gasteiger partial charge in [0.1, 0.15) is 17.3 Å². The smallest absolute Gasteiger partial charge is 0.272 e. The molecule has 0 saturated heterocycles. The molecule has 4 rings (SSSR count). The van der Waals surface area contributed by atoms with Gasteiger partial charge in [0, 0.05) is 29.6 Å². The van der Waals surface area contributed by atoms with E-state index in [-0.39, 0.29) is 17.9 Å². The molecule has 1 N–H and O–H groups in total. The molecule has 0 bridgehead atoms. The van der Waals surface area contributed by atoms with Crippen LogP contribution in [0.1, 0.15) is 33.0 Å². The molecule has 33 heavy (non-hydrogen) atoms. The number of amides is 1. The van der Waals surface area contributed by atoms with Gasteiger partial charge in [-0.05, 0) is 62.7 Å². The summed E-state index contributed by atoms with van der Waals surface area (Å²) >= 11 is 12.0. The molecule has 1 amide bonds. The lowest BCUT2D eigenvalue weighted by Crippen LogP contribution is -2.24. The summed E-state index contributed by atoms with van der Waals surface area (Å²) in [5, 5.41) is 8.05.